The van der Waals surface area contributed by atoms with E-state index in [-0.39, 0.29) is 11.0 Å². The van der Waals surface area contributed by atoms with Crippen LogP contribution >= 0.6 is 0 Å². The van der Waals surface area contributed by atoms with Gasteiger partial charge in [0.25, 0.3) is 0 Å². The van der Waals surface area contributed by atoms with Crippen molar-refractivity contribution in [1.82, 2.24) is 0 Å². The van der Waals surface area contributed by atoms with Crippen molar-refractivity contribution in [3.8, 4) is 0 Å². The molecule has 33 valence electrons. The van der Waals surface area contributed by atoms with Gasteiger partial charge in [-0.05, 0) is 0 Å². The molecule has 0 fully saturated rings. The SMILES string of the molecule is C[B]N.O.O. The summed E-state index contributed by atoms with van der Waals surface area (Å²) in [6, 6.07) is 0. The van der Waals surface area contributed by atoms with Crippen LogP contribution in [0.3, 0.4) is 0 Å². The number of nitrogens with two attached hydrogens (primary N) is 1. The van der Waals surface area contributed by atoms with Crippen molar-refractivity contribution in [2.24, 2.45) is 5.64 Å². The molecule has 0 aromatic carbocycles. The summed E-state index contributed by atoms with van der Waals surface area (Å²) in [5.41, 5.74) is 4.72. The Kier molecular flexibility index (Phi) is 156. The quantitative estimate of drug-likeness (QED) is 0.332. The average Bonchev–Trinajstić information content (AvgIpc) is 0.918. The van der Waals surface area contributed by atoms with Gasteiger partial charge in [-0.3, -0.25) is 0 Å². The molecule has 0 bridgehead atoms. The van der Waals surface area contributed by atoms with E-state index in [2.05, 4.69) is 0 Å². The van der Waals surface area contributed by atoms with Gasteiger partial charge in [-0.2, -0.15) is 0 Å². The van der Waals surface area contributed by atoms with E-state index in [0.717, 1.165) is 0 Å². The monoisotopic (exact) mass is 78.1 g/mol. The van der Waals surface area contributed by atoms with Crippen molar-refractivity contribution < 1.29 is 11.0 Å². The first-order valence-corrected chi connectivity index (χ1v) is 0.911. The molecule has 1 radical (unpaired) electrons. The Morgan fingerprint density at radius 2 is 1.40 bits per heavy atom. The maximum atomic E-state index is 4.72. The van der Waals surface area contributed by atoms with Gasteiger partial charge >= 0.3 is 0 Å². The van der Waals surface area contributed by atoms with Crippen molar-refractivity contribution in [2.45, 2.75) is 6.82 Å². The van der Waals surface area contributed by atoms with Crippen LogP contribution in [-0.2, 0) is 0 Å². The van der Waals surface area contributed by atoms with Crippen LogP contribution < -0.4 is 5.64 Å². The van der Waals surface area contributed by atoms with Crippen LogP contribution in [0.15, 0.2) is 0 Å². The smallest absolute Gasteiger partial charge is 0.198 e. The minimum atomic E-state index is 0. The minimum absolute atomic E-state index is 0. The third-order valence-electron chi connectivity index (χ3n) is 0. The standard InChI is InChI=1S/CH5BN.2H2O/c1-2-3;;/h3H2,1H3;2*1H2. The van der Waals surface area contributed by atoms with Gasteiger partial charge in [0.1, 0.15) is 0 Å². The molecule has 0 unspecified atom stereocenters. The van der Waals surface area contributed by atoms with Crippen LogP contribution in [0.4, 0.5) is 0 Å². The lowest BCUT2D eigenvalue weighted by Gasteiger charge is -1.45. The molecule has 0 spiro atoms. The summed E-state index contributed by atoms with van der Waals surface area (Å²) in [4.78, 5) is 0. The largest absolute Gasteiger partial charge is 0.412 e. The number of hydrogen-bond acceptors (Lipinski definition) is 1. The summed E-state index contributed by atoms with van der Waals surface area (Å²) < 4.78 is 0. The zero-order chi connectivity index (χ0) is 2.71. The predicted octanol–water partition coefficient (Wildman–Crippen LogP) is -2.04. The summed E-state index contributed by atoms with van der Waals surface area (Å²) in [5, 5.41) is 0. The molecular formula is CH9BNO2. The van der Waals surface area contributed by atoms with Crippen molar-refractivity contribution in [3.05, 3.63) is 0 Å². The van der Waals surface area contributed by atoms with Crippen molar-refractivity contribution in [2.75, 3.05) is 0 Å². The molecular weight excluding hydrogens is 68.8 g/mol. The second-order valence-electron chi connectivity index (χ2n) is 0.333. The van der Waals surface area contributed by atoms with Crippen LogP contribution in [0, 0.1) is 0 Å². The van der Waals surface area contributed by atoms with Crippen LogP contribution in [0.5, 0.6) is 0 Å². The highest BCUT2D eigenvalue weighted by molar-refractivity contribution is 6.28. The molecule has 5 heavy (non-hydrogen) atoms. The highest BCUT2D eigenvalue weighted by Gasteiger charge is 1.42. The second-order valence-corrected chi connectivity index (χ2v) is 0.333. The average molecular weight is 77.9 g/mol. The van der Waals surface area contributed by atoms with E-state index in [0.29, 0.717) is 0 Å². The summed E-state index contributed by atoms with van der Waals surface area (Å²) in [6.45, 7) is 1.78. The number of rotatable bonds is 0. The molecule has 0 rings (SSSR count). The Morgan fingerprint density at radius 1 is 1.40 bits per heavy atom. The fourth-order valence-corrected chi connectivity index (χ4v) is 0. The van der Waals surface area contributed by atoms with E-state index in [9.17, 15) is 0 Å². The fraction of sp³-hybridized carbons (Fsp3) is 1.00. The van der Waals surface area contributed by atoms with Crippen molar-refractivity contribution in [3.63, 3.8) is 0 Å². The Bertz CT molecular complexity index is 9.61. The number of hydrogen-bond donors (Lipinski definition) is 1. The van der Waals surface area contributed by atoms with E-state index in [1.165, 1.54) is 7.41 Å². The van der Waals surface area contributed by atoms with E-state index >= 15 is 0 Å². The molecule has 3 nitrogen and oxygen atoms in total. The zero-order valence-electron chi connectivity index (χ0n) is 3.15. The Labute approximate surface area is 32.1 Å². The van der Waals surface area contributed by atoms with Gasteiger partial charge in [-0.25, -0.2) is 0 Å². The molecule has 6 N–H and O–H groups in total. The summed E-state index contributed by atoms with van der Waals surface area (Å²) in [7, 11) is 1.50. The molecule has 0 heterocycles. The molecule has 0 aromatic rings. The highest BCUT2D eigenvalue weighted by atomic mass is 16.0. The molecule has 0 saturated carbocycles. The van der Waals surface area contributed by atoms with Gasteiger partial charge in [-0.1, -0.05) is 6.82 Å². The van der Waals surface area contributed by atoms with Crippen molar-refractivity contribution in [1.29, 1.82) is 0 Å². The first-order valence-electron chi connectivity index (χ1n) is 0.911. The lowest BCUT2D eigenvalue weighted by molar-refractivity contribution is 0.823. The van der Waals surface area contributed by atoms with Crippen molar-refractivity contribution >= 4 is 7.41 Å². The van der Waals surface area contributed by atoms with E-state index in [1.807, 2.05) is 0 Å². The third kappa shape index (κ3) is 4920. The summed E-state index contributed by atoms with van der Waals surface area (Å²) in [5.74, 6) is 0. The normalized spacial score (nSPS) is 2.80. The van der Waals surface area contributed by atoms with Gasteiger partial charge in [0.2, 0.25) is 0 Å². The topological polar surface area (TPSA) is 89.0 Å². The van der Waals surface area contributed by atoms with E-state index < -0.39 is 0 Å². The van der Waals surface area contributed by atoms with Gasteiger partial charge in [0.05, 0.1) is 0 Å². The van der Waals surface area contributed by atoms with Crippen LogP contribution in [0.2, 0.25) is 6.82 Å². The molecule has 0 aliphatic heterocycles. The van der Waals surface area contributed by atoms with Crippen LogP contribution in [0.25, 0.3) is 0 Å². The molecule has 0 aliphatic carbocycles. The lowest BCUT2D eigenvalue weighted by Crippen LogP contribution is -1.94. The first kappa shape index (κ1) is 20.3. The predicted molar refractivity (Wildman–Crippen MR) is 23.0 cm³/mol. The summed E-state index contributed by atoms with van der Waals surface area (Å²) >= 11 is 0. The van der Waals surface area contributed by atoms with Crippen LogP contribution in [-0.4, -0.2) is 18.4 Å². The molecule has 0 aromatic heterocycles. The second kappa shape index (κ2) is 38.3. The maximum Gasteiger partial charge on any atom is 0.198 e. The van der Waals surface area contributed by atoms with Gasteiger partial charge < -0.3 is 16.6 Å². The Morgan fingerprint density at radius 3 is 1.40 bits per heavy atom. The Balaban J connectivity index is -0.0000000200. The molecule has 4 heteroatoms. The zero-order valence-corrected chi connectivity index (χ0v) is 3.15. The van der Waals surface area contributed by atoms with Gasteiger partial charge in [0, 0.05) is 0 Å². The van der Waals surface area contributed by atoms with E-state index in [1.54, 1.807) is 6.82 Å². The summed E-state index contributed by atoms with van der Waals surface area (Å²) in [6.07, 6.45) is 0. The Hall–Kier alpha value is -0.0551. The van der Waals surface area contributed by atoms with E-state index in [4.69, 9.17) is 5.64 Å². The van der Waals surface area contributed by atoms with Gasteiger partial charge in [0.15, 0.2) is 7.41 Å². The molecule has 0 amide bonds. The molecule has 0 saturated heterocycles. The molecule has 0 atom stereocenters. The third-order valence-corrected chi connectivity index (χ3v) is 0. The molecule has 0 aliphatic rings. The highest BCUT2D eigenvalue weighted by Crippen LogP contribution is 1.15. The van der Waals surface area contributed by atoms with Gasteiger partial charge in [-0.15, -0.1) is 0 Å². The lowest BCUT2D eigenvalue weighted by atomic mass is 10.0. The fourth-order valence-electron chi connectivity index (χ4n) is 0. The first-order chi connectivity index (χ1) is 1.41. The maximum absolute atomic E-state index is 4.72. The minimum Gasteiger partial charge on any atom is -0.412 e. The van der Waals surface area contributed by atoms with Crippen LogP contribution in [0.1, 0.15) is 0 Å².